The van der Waals surface area contributed by atoms with Crippen molar-refractivity contribution in [3.05, 3.63) is 0 Å². The van der Waals surface area contributed by atoms with Crippen LogP contribution in [-0.4, -0.2) is 66.1 Å². The largest absolute Gasteiger partial charge is 0.392 e. The second-order valence-corrected chi connectivity index (χ2v) is 5.73. The van der Waals surface area contributed by atoms with E-state index in [2.05, 4.69) is 9.80 Å². The molecule has 0 aromatic carbocycles. The lowest BCUT2D eigenvalue weighted by atomic mass is 9.92. The number of rotatable bonds is 3. The van der Waals surface area contributed by atoms with Crippen molar-refractivity contribution in [2.24, 2.45) is 0 Å². The van der Waals surface area contributed by atoms with Crippen LogP contribution in [0.1, 0.15) is 32.1 Å². The summed E-state index contributed by atoms with van der Waals surface area (Å²) in [6.45, 7) is 1.61. The van der Waals surface area contributed by atoms with Gasteiger partial charge in [0.05, 0.1) is 12.1 Å². The molecule has 2 fully saturated rings. The van der Waals surface area contributed by atoms with Crippen molar-refractivity contribution in [1.29, 1.82) is 0 Å². The average Bonchev–Trinajstić information content (AvgIpc) is 2.59. The van der Waals surface area contributed by atoms with Crippen molar-refractivity contribution >= 4 is 5.78 Å². The highest BCUT2D eigenvalue weighted by atomic mass is 16.3. The van der Waals surface area contributed by atoms with E-state index in [4.69, 9.17) is 0 Å². The number of nitrogens with zero attached hydrogens (tertiary/aromatic N) is 2. The van der Waals surface area contributed by atoms with Crippen molar-refractivity contribution in [3.63, 3.8) is 0 Å². The van der Waals surface area contributed by atoms with E-state index in [1.54, 1.807) is 0 Å². The Balaban J connectivity index is 2.03. The second kappa shape index (κ2) is 5.46. The van der Waals surface area contributed by atoms with Gasteiger partial charge in [-0.05, 0) is 33.4 Å². The molecule has 1 aliphatic carbocycles. The summed E-state index contributed by atoms with van der Waals surface area (Å²) in [6.07, 6.45) is 4.46. The minimum Gasteiger partial charge on any atom is -0.392 e. The number of aliphatic hydroxyl groups is 1. The van der Waals surface area contributed by atoms with E-state index in [0.29, 0.717) is 18.4 Å². The van der Waals surface area contributed by atoms with Crippen molar-refractivity contribution in [1.82, 2.24) is 9.80 Å². The Morgan fingerprint density at radius 1 is 1.41 bits per heavy atom. The number of carbonyl (C=O) groups is 1. The van der Waals surface area contributed by atoms with Crippen LogP contribution in [0.5, 0.6) is 0 Å². The highest BCUT2D eigenvalue weighted by molar-refractivity contribution is 5.84. The minimum absolute atomic E-state index is 0.0749. The first kappa shape index (κ1) is 13.0. The highest BCUT2D eigenvalue weighted by Crippen LogP contribution is 2.27. The van der Waals surface area contributed by atoms with Gasteiger partial charge in [0.15, 0.2) is 0 Å². The molecule has 3 unspecified atom stereocenters. The molecule has 98 valence electrons. The molecule has 1 N–H and O–H groups in total. The number of hydrogen-bond donors (Lipinski definition) is 1. The van der Waals surface area contributed by atoms with E-state index < -0.39 is 0 Å². The smallest absolute Gasteiger partial charge is 0.149 e. The molecule has 1 saturated heterocycles. The zero-order valence-corrected chi connectivity index (χ0v) is 10.9. The van der Waals surface area contributed by atoms with Gasteiger partial charge in [0.2, 0.25) is 0 Å². The summed E-state index contributed by atoms with van der Waals surface area (Å²) in [5.41, 5.74) is 0. The number of β-amino-alcohol motifs (C(OH)–C–C–N with tert-alkyl or cyclic N) is 1. The molecule has 1 aliphatic heterocycles. The lowest BCUT2D eigenvalue weighted by molar-refractivity contribution is -0.126. The average molecular weight is 240 g/mol. The van der Waals surface area contributed by atoms with Gasteiger partial charge in [-0.1, -0.05) is 6.42 Å². The minimum atomic E-state index is -0.255. The number of likely N-dealkylation sites (N-methyl/N-ethyl adjacent to an activating group) is 1. The van der Waals surface area contributed by atoms with E-state index in [1.807, 2.05) is 14.1 Å². The number of Topliss-reactive ketones (excluding diaryl/α,β-unsaturated/α-hetero) is 1. The summed E-state index contributed by atoms with van der Waals surface area (Å²) in [7, 11) is 4.09. The van der Waals surface area contributed by atoms with Crippen molar-refractivity contribution in [2.45, 2.75) is 50.3 Å². The van der Waals surface area contributed by atoms with Gasteiger partial charge >= 0.3 is 0 Å². The Labute approximate surface area is 104 Å². The molecule has 0 aromatic heterocycles. The van der Waals surface area contributed by atoms with E-state index in [0.717, 1.165) is 38.6 Å². The van der Waals surface area contributed by atoms with Gasteiger partial charge in [-0.3, -0.25) is 9.69 Å². The number of ketones is 1. The van der Waals surface area contributed by atoms with Crippen molar-refractivity contribution in [2.75, 3.05) is 27.2 Å². The van der Waals surface area contributed by atoms with Crippen LogP contribution in [-0.2, 0) is 4.79 Å². The molecule has 1 heterocycles. The van der Waals surface area contributed by atoms with Gasteiger partial charge in [-0.25, -0.2) is 0 Å². The number of hydrogen-bond acceptors (Lipinski definition) is 4. The fourth-order valence-corrected chi connectivity index (χ4v) is 3.21. The van der Waals surface area contributed by atoms with Gasteiger partial charge < -0.3 is 10.0 Å². The molecule has 3 atom stereocenters. The molecular formula is C13H24N2O2. The quantitative estimate of drug-likeness (QED) is 0.780. The van der Waals surface area contributed by atoms with Crippen LogP contribution in [0, 0.1) is 0 Å². The summed E-state index contributed by atoms with van der Waals surface area (Å²) >= 11 is 0. The summed E-state index contributed by atoms with van der Waals surface area (Å²) in [6, 6.07) is 0.415. The third kappa shape index (κ3) is 3.06. The first-order chi connectivity index (χ1) is 8.08. The van der Waals surface area contributed by atoms with Crippen molar-refractivity contribution in [3.8, 4) is 0 Å². The predicted molar refractivity (Wildman–Crippen MR) is 66.9 cm³/mol. The first-order valence-corrected chi connectivity index (χ1v) is 6.69. The Morgan fingerprint density at radius 3 is 2.82 bits per heavy atom. The van der Waals surface area contributed by atoms with Gasteiger partial charge in [0.25, 0.3) is 0 Å². The molecule has 4 nitrogen and oxygen atoms in total. The first-order valence-electron chi connectivity index (χ1n) is 6.69. The number of carbonyl (C=O) groups excluding carboxylic acids is 1. The molecule has 0 bridgehead atoms. The molecule has 0 aromatic rings. The van der Waals surface area contributed by atoms with E-state index in [1.165, 1.54) is 0 Å². The molecule has 1 saturated carbocycles. The third-order valence-corrected chi connectivity index (χ3v) is 3.93. The Bertz CT molecular complexity index is 281. The van der Waals surface area contributed by atoms with Gasteiger partial charge in [0.1, 0.15) is 5.78 Å². The second-order valence-electron chi connectivity index (χ2n) is 5.73. The summed E-state index contributed by atoms with van der Waals surface area (Å²) in [5.74, 6) is 0.383. The summed E-state index contributed by atoms with van der Waals surface area (Å²) in [4.78, 5) is 16.4. The Kier molecular flexibility index (Phi) is 4.17. The van der Waals surface area contributed by atoms with Gasteiger partial charge in [-0.2, -0.15) is 0 Å². The predicted octanol–water partition coefficient (Wildman–Crippen LogP) is 0.495. The Hall–Kier alpha value is -0.450. The summed E-state index contributed by atoms with van der Waals surface area (Å²) in [5, 5.41) is 9.83. The van der Waals surface area contributed by atoms with Gasteiger partial charge in [-0.15, -0.1) is 0 Å². The Morgan fingerprint density at radius 2 is 2.18 bits per heavy atom. The maximum absolute atomic E-state index is 12.0. The maximum atomic E-state index is 12.0. The lowest BCUT2D eigenvalue weighted by Gasteiger charge is -2.35. The van der Waals surface area contributed by atoms with E-state index in [9.17, 15) is 9.90 Å². The van der Waals surface area contributed by atoms with Crippen LogP contribution in [0.2, 0.25) is 0 Å². The normalized spacial score (nSPS) is 35.8. The molecule has 0 radical (unpaired) electrons. The molecule has 2 aliphatic rings. The zero-order valence-electron chi connectivity index (χ0n) is 10.9. The SMILES string of the molecule is CN(C)CC1CC(O)CN1C1CCCCC1=O. The molecule has 17 heavy (non-hydrogen) atoms. The van der Waals surface area contributed by atoms with Crippen LogP contribution in [0.15, 0.2) is 0 Å². The molecule has 0 spiro atoms. The zero-order chi connectivity index (χ0) is 12.4. The number of likely N-dealkylation sites (tertiary alicyclic amines) is 1. The van der Waals surface area contributed by atoms with Crippen LogP contribution in [0.3, 0.4) is 0 Å². The molecule has 0 amide bonds. The fourth-order valence-electron chi connectivity index (χ4n) is 3.21. The molecule has 2 rings (SSSR count). The summed E-state index contributed by atoms with van der Waals surface area (Å²) < 4.78 is 0. The topological polar surface area (TPSA) is 43.8 Å². The lowest BCUT2D eigenvalue weighted by Crippen LogP contribution is -2.48. The number of aliphatic hydroxyl groups excluding tert-OH is 1. The van der Waals surface area contributed by atoms with Crippen LogP contribution < -0.4 is 0 Å². The van der Waals surface area contributed by atoms with Crippen LogP contribution >= 0.6 is 0 Å². The van der Waals surface area contributed by atoms with E-state index in [-0.39, 0.29) is 12.1 Å². The van der Waals surface area contributed by atoms with Crippen LogP contribution in [0.25, 0.3) is 0 Å². The highest BCUT2D eigenvalue weighted by Gasteiger charge is 2.39. The standard InChI is InChI=1S/C13H24N2O2/c1-14(2)8-10-7-11(16)9-15(10)12-5-3-4-6-13(12)17/h10-12,16H,3-9H2,1-2H3. The maximum Gasteiger partial charge on any atom is 0.149 e. The van der Waals surface area contributed by atoms with E-state index >= 15 is 0 Å². The fraction of sp³-hybridized carbons (Fsp3) is 0.923. The van der Waals surface area contributed by atoms with Crippen molar-refractivity contribution < 1.29 is 9.90 Å². The van der Waals surface area contributed by atoms with Crippen LogP contribution in [0.4, 0.5) is 0 Å². The third-order valence-electron chi connectivity index (χ3n) is 3.93. The van der Waals surface area contributed by atoms with Gasteiger partial charge in [0, 0.05) is 25.6 Å². The monoisotopic (exact) mass is 240 g/mol. The molecule has 4 heteroatoms. The molecular weight excluding hydrogens is 216 g/mol.